The minimum absolute atomic E-state index is 0.287. The number of rotatable bonds is 5. The first-order chi connectivity index (χ1) is 14.5. The van der Waals surface area contributed by atoms with E-state index in [9.17, 15) is 8.42 Å². The lowest BCUT2D eigenvalue weighted by atomic mass is 9.88. The third-order valence-electron chi connectivity index (χ3n) is 6.20. The quantitative estimate of drug-likeness (QED) is 0.601. The van der Waals surface area contributed by atoms with Crippen molar-refractivity contribution in [3.05, 3.63) is 60.3 Å². The Morgan fingerprint density at radius 3 is 2.60 bits per heavy atom. The largest absolute Gasteiger partial charge is 0.497 e. The molecule has 3 aromatic rings. The Bertz CT molecular complexity index is 1110. The molecular formula is C24H30N2O3S. The molecule has 0 radical (unpaired) electrons. The zero-order valence-corrected chi connectivity index (χ0v) is 18.6. The smallest absolute Gasteiger partial charge is 0.268 e. The van der Waals surface area contributed by atoms with Crippen molar-refractivity contribution < 1.29 is 13.2 Å². The van der Waals surface area contributed by atoms with Gasteiger partial charge in [-0.3, -0.25) is 0 Å². The molecule has 1 aromatic heterocycles. The maximum Gasteiger partial charge on any atom is 0.268 e. The van der Waals surface area contributed by atoms with Gasteiger partial charge in [-0.05, 0) is 75.1 Å². The molecule has 1 atom stereocenters. The predicted octanol–water partition coefficient (Wildman–Crippen LogP) is 4.55. The molecule has 1 saturated heterocycles. The molecule has 0 N–H and O–H groups in total. The standard InChI is InChI=1S/C24H30N2O3S/c1-25-13-7-6-8-19(11-14-25)16-20-17-21(29-2)18-24-23(20)12-15-26(24)30(27,28)22-9-4-3-5-10-22/h3-5,9-10,12,15,17-19H,6-8,11,13-14,16H2,1-2H3. The van der Waals surface area contributed by atoms with Crippen molar-refractivity contribution >= 4 is 20.9 Å². The van der Waals surface area contributed by atoms with Gasteiger partial charge in [0, 0.05) is 17.6 Å². The van der Waals surface area contributed by atoms with Crippen LogP contribution < -0.4 is 4.74 Å². The van der Waals surface area contributed by atoms with E-state index in [0.717, 1.165) is 24.8 Å². The number of nitrogens with zero attached hydrogens (tertiary/aromatic N) is 2. The van der Waals surface area contributed by atoms with Gasteiger partial charge < -0.3 is 9.64 Å². The van der Waals surface area contributed by atoms with Crippen LogP contribution in [0.25, 0.3) is 10.9 Å². The van der Waals surface area contributed by atoms with Crippen LogP contribution in [0.4, 0.5) is 0 Å². The average Bonchev–Trinajstić information content (AvgIpc) is 3.18. The third-order valence-corrected chi connectivity index (χ3v) is 7.90. The van der Waals surface area contributed by atoms with E-state index >= 15 is 0 Å². The normalized spacial score (nSPS) is 18.8. The molecule has 1 unspecified atom stereocenters. The van der Waals surface area contributed by atoms with E-state index in [1.54, 1.807) is 37.6 Å². The zero-order valence-electron chi connectivity index (χ0n) is 17.8. The van der Waals surface area contributed by atoms with Crippen LogP contribution in [0.5, 0.6) is 5.75 Å². The van der Waals surface area contributed by atoms with Crippen molar-refractivity contribution in [2.24, 2.45) is 5.92 Å². The van der Waals surface area contributed by atoms with Gasteiger partial charge >= 0.3 is 0 Å². The fourth-order valence-electron chi connectivity index (χ4n) is 4.46. The Balaban J connectivity index is 1.73. The van der Waals surface area contributed by atoms with Gasteiger partial charge in [0.2, 0.25) is 0 Å². The highest BCUT2D eigenvalue weighted by molar-refractivity contribution is 7.90. The lowest BCUT2D eigenvalue weighted by Crippen LogP contribution is -2.26. The van der Waals surface area contributed by atoms with Crippen molar-refractivity contribution in [1.82, 2.24) is 8.87 Å². The lowest BCUT2D eigenvalue weighted by molar-refractivity contribution is 0.257. The van der Waals surface area contributed by atoms with Gasteiger partial charge in [-0.25, -0.2) is 12.4 Å². The van der Waals surface area contributed by atoms with E-state index < -0.39 is 10.0 Å². The number of hydrogen-bond donors (Lipinski definition) is 0. The van der Waals surface area contributed by atoms with Gasteiger partial charge in [0.15, 0.2) is 0 Å². The topological polar surface area (TPSA) is 51.5 Å². The van der Waals surface area contributed by atoms with Crippen molar-refractivity contribution in [3.63, 3.8) is 0 Å². The molecular weight excluding hydrogens is 396 g/mol. The summed E-state index contributed by atoms with van der Waals surface area (Å²) in [5, 5.41) is 0.991. The van der Waals surface area contributed by atoms with Gasteiger partial charge in [0.1, 0.15) is 5.75 Å². The maximum atomic E-state index is 13.2. The molecule has 5 nitrogen and oxygen atoms in total. The number of likely N-dealkylation sites (tertiary alicyclic amines) is 1. The molecule has 0 saturated carbocycles. The first-order valence-electron chi connectivity index (χ1n) is 10.7. The Labute approximate surface area is 179 Å². The Morgan fingerprint density at radius 2 is 1.83 bits per heavy atom. The second-order valence-corrected chi connectivity index (χ2v) is 10.1. The molecule has 1 fully saturated rings. The second kappa shape index (κ2) is 8.82. The second-order valence-electron chi connectivity index (χ2n) is 8.31. The summed E-state index contributed by atoms with van der Waals surface area (Å²) in [5.74, 6) is 1.29. The molecule has 2 heterocycles. The van der Waals surface area contributed by atoms with Crippen LogP contribution in [0.1, 0.15) is 31.2 Å². The van der Waals surface area contributed by atoms with Crippen molar-refractivity contribution in [3.8, 4) is 5.75 Å². The van der Waals surface area contributed by atoms with Gasteiger partial charge in [-0.1, -0.05) is 31.0 Å². The number of methoxy groups -OCH3 is 1. The first-order valence-corrected chi connectivity index (χ1v) is 12.1. The molecule has 0 amide bonds. The summed E-state index contributed by atoms with van der Waals surface area (Å²) < 4.78 is 33.4. The Morgan fingerprint density at radius 1 is 1.03 bits per heavy atom. The molecule has 160 valence electrons. The predicted molar refractivity (Wildman–Crippen MR) is 121 cm³/mol. The summed E-state index contributed by atoms with van der Waals surface area (Å²) in [4.78, 5) is 2.70. The minimum Gasteiger partial charge on any atom is -0.497 e. The van der Waals surface area contributed by atoms with Gasteiger partial charge in [0.05, 0.1) is 17.5 Å². The summed E-state index contributed by atoms with van der Waals surface area (Å²) in [6.07, 6.45) is 7.48. The first kappa shape index (κ1) is 20.9. The van der Waals surface area contributed by atoms with E-state index in [4.69, 9.17) is 4.74 Å². The van der Waals surface area contributed by atoms with Crippen LogP contribution in [-0.2, 0) is 16.4 Å². The maximum absolute atomic E-state index is 13.2. The van der Waals surface area contributed by atoms with E-state index in [-0.39, 0.29) is 4.90 Å². The zero-order chi connectivity index (χ0) is 21.1. The van der Waals surface area contributed by atoms with Crippen LogP contribution in [0.3, 0.4) is 0 Å². The molecule has 30 heavy (non-hydrogen) atoms. The number of ether oxygens (including phenoxy) is 1. The van der Waals surface area contributed by atoms with E-state index in [0.29, 0.717) is 17.2 Å². The molecule has 2 aromatic carbocycles. The molecule has 6 heteroatoms. The molecule has 0 aliphatic carbocycles. The van der Waals surface area contributed by atoms with E-state index in [1.807, 2.05) is 18.2 Å². The van der Waals surface area contributed by atoms with Crippen LogP contribution in [0.2, 0.25) is 0 Å². The summed E-state index contributed by atoms with van der Waals surface area (Å²) in [6, 6.07) is 14.4. The number of aromatic nitrogens is 1. The van der Waals surface area contributed by atoms with Crippen molar-refractivity contribution in [2.75, 3.05) is 27.2 Å². The molecule has 0 spiro atoms. The molecule has 0 bridgehead atoms. The van der Waals surface area contributed by atoms with Crippen LogP contribution in [0.15, 0.2) is 59.6 Å². The van der Waals surface area contributed by atoms with Gasteiger partial charge in [-0.15, -0.1) is 0 Å². The fraction of sp³-hybridized carbons (Fsp3) is 0.417. The summed E-state index contributed by atoms with van der Waals surface area (Å²) in [6.45, 7) is 2.29. The lowest BCUT2D eigenvalue weighted by Gasteiger charge is -2.25. The highest BCUT2D eigenvalue weighted by atomic mass is 32.2. The van der Waals surface area contributed by atoms with Crippen molar-refractivity contribution in [1.29, 1.82) is 0 Å². The summed E-state index contributed by atoms with van der Waals surface area (Å²) >= 11 is 0. The summed E-state index contributed by atoms with van der Waals surface area (Å²) in [5.41, 5.74) is 1.84. The molecule has 4 rings (SSSR count). The van der Waals surface area contributed by atoms with Crippen molar-refractivity contribution in [2.45, 2.75) is 37.0 Å². The van der Waals surface area contributed by atoms with E-state index in [1.165, 1.54) is 35.3 Å². The number of fused-ring (bicyclic) bond motifs is 1. The van der Waals surface area contributed by atoms with Crippen LogP contribution in [-0.4, -0.2) is 44.5 Å². The molecule has 1 aliphatic rings. The van der Waals surface area contributed by atoms with Gasteiger partial charge in [0.25, 0.3) is 10.0 Å². The van der Waals surface area contributed by atoms with Gasteiger partial charge in [-0.2, -0.15) is 0 Å². The number of hydrogen-bond acceptors (Lipinski definition) is 4. The SMILES string of the molecule is COc1cc(CC2CCCCN(C)CC2)c2ccn(S(=O)(=O)c3ccccc3)c2c1. The molecule has 1 aliphatic heterocycles. The highest BCUT2D eigenvalue weighted by Gasteiger charge is 2.22. The third kappa shape index (κ3) is 4.25. The fourth-order valence-corrected chi connectivity index (χ4v) is 5.82. The summed E-state index contributed by atoms with van der Waals surface area (Å²) in [7, 11) is 0.168. The van der Waals surface area contributed by atoms with E-state index in [2.05, 4.69) is 18.0 Å². The highest BCUT2D eigenvalue weighted by Crippen LogP contribution is 2.32. The van der Waals surface area contributed by atoms with Crippen LogP contribution >= 0.6 is 0 Å². The monoisotopic (exact) mass is 426 g/mol. The minimum atomic E-state index is -3.66. The average molecular weight is 427 g/mol. The number of benzene rings is 2. The Hall–Kier alpha value is -2.31. The Kier molecular flexibility index (Phi) is 6.16. The van der Waals surface area contributed by atoms with Crippen LogP contribution in [0, 0.1) is 5.92 Å².